The molecule has 0 radical (unpaired) electrons. The molecule has 1 amide bonds. The largest absolute Gasteiger partial charge is 0.356 e. The molecule has 0 saturated carbocycles. The molecule has 82 valence electrons. The molecule has 2 N–H and O–H groups in total. The van der Waals surface area contributed by atoms with Crippen LogP contribution in [0.1, 0.15) is 13.8 Å². The summed E-state index contributed by atoms with van der Waals surface area (Å²) in [5, 5.41) is 5.33. The molecule has 0 aliphatic carbocycles. The van der Waals surface area contributed by atoms with Crippen molar-refractivity contribution in [2.45, 2.75) is 19.9 Å². The number of rotatable bonds is 4. The summed E-state index contributed by atoms with van der Waals surface area (Å²) in [7, 11) is 0. The van der Waals surface area contributed by atoms with Gasteiger partial charge in [-0.1, -0.05) is 0 Å². The molecule has 1 heterocycles. The molecule has 0 aromatic carbocycles. The van der Waals surface area contributed by atoms with Crippen LogP contribution in [0.5, 0.6) is 0 Å². The van der Waals surface area contributed by atoms with Gasteiger partial charge in [-0.05, 0) is 26.0 Å². The summed E-state index contributed by atoms with van der Waals surface area (Å²) in [6, 6.07) is 2.28. The van der Waals surface area contributed by atoms with Crippen LogP contribution in [0, 0.1) is 5.82 Å². The van der Waals surface area contributed by atoms with Gasteiger partial charge in [0.25, 0.3) is 0 Å². The van der Waals surface area contributed by atoms with E-state index in [0.717, 1.165) is 0 Å². The summed E-state index contributed by atoms with van der Waals surface area (Å²) in [6.45, 7) is 4.03. The van der Waals surface area contributed by atoms with Gasteiger partial charge in [-0.15, -0.1) is 0 Å². The van der Waals surface area contributed by atoms with Gasteiger partial charge in [-0.2, -0.15) is 0 Å². The molecule has 0 aliphatic heterocycles. The molecule has 0 spiro atoms. The highest BCUT2D eigenvalue weighted by Gasteiger charge is 2.13. The lowest BCUT2D eigenvalue weighted by molar-refractivity contribution is -0.121. The van der Waals surface area contributed by atoms with Crippen LogP contribution in [0.3, 0.4) is 0 Å². The zero-order valence-corrected chi connectivity index (χ0v) is 8.75. The van der Waals surface area contributed by atoms with Crippen LogP contribution in [-0.2, 0) is 4.79 Å². The summed E-state index contributed by atoms with van der Waals surface area (Å²) >= 11 is 0. The minimum absolute atomic E-state index is 0.0938. The molecule has 15 heavy (non-hydrogen) atoms. The van der Waals surface area contributed by atoms with Crippen molar-refractivity contribution in [1.29, 1.82) is 0 Å². The second kappa shape index (κ2) is 5.29. The van der Waals surface area contributed by atoms with Crippen molar-refractivity contribution in [3.8, 4) is 0 Å². The summed E-state index contributed by atoms with van der Waals surface area (Å²) in [4.78, 5) is 15.1. The molecule has 0 aliphatic rings. The van der Waals surface area contributed by atoms with Crippen molar-refractivity contribution in [1.82, 2.24) is 10.3 Å². The van der Waals surface area contributed by atoms with Crippen LogP contribution in [0.15, 0.2) is 18.3 Å². The third-order valence-corrected chi connectivity index (χ3v) is 1.86. The van der Waals surface area contributed by atoms with E-state index in [9.17, 15) is 9.18 Å². The number of carbonyl (C=O) groups is 1. The Morgan fingerprint density at radius 2 is 2.40 bits per heavy atom. The highest BCUT2D eigenvalue weighted by molar-refractivity contribution is 5.83. The van der Waals surface area contributed by atoms with Gasteiger partial charge in [0.15, 0.2) is 11.6 Å². The van der Waals surface area contributed by atoms with Crippen LogP contribution >= 0.6 is 0 Å². The first kappa shape index (κ1) is 11.4. The first-order valence-electron chi connectivity index (χ1n) is 4.80. The van der Waals surface area contributed by atoms with Crippen molar-refractivity contribution in [3.05, 3.63) is 24.1 Å². The van der Waals surface area contributed by atoms with Crippen LogP contribution in [0.25, 0.3) is 0 Å². The van der Waals surface area contributed by atoms with E-state index in [-0.39, 0.29) is 11.7 Å². The lowest BCUT2D eigenvalue weighted by Gasteiger charge is -2.13. The molecular formula is C10H14FN3O. The lowest BCUT2D eigenvalue weighted by Crippen LogP contribution is -2.37. The molecule has 1 aromatic heterocycles. The Morgan fingerprint density at radius 1 is 1.67 bits per heavy atom. The SMILES string of the molecule is CCNC(=O)C(C)Nc1ncccc1F. The monoisotopic (exact) mass is 211 g/mol. The normalized spacial score (nSPS) is 11.9. The number of pyridine rings is 1. The smallest absolute Gasteiger partial charge is 0.242 e. The number of nitrogens with one attached hydrogen (secondary N) is 2. The van der Waals surface area contributed by atoms with E-state index >= 15 is 0 Å². The maximum atomic E-state index is 13.1. The van der Waals surface area contributed by atoms with Crippen LogP contribution in [-0.4, -0.2) is 23.5 Å². The quantitative estimate of drug-likeness (QED) is 0.785. The summed E-state index contributed by atoms with van der Waals surface area (Å²) in [5.41, 5.74) is 0. The van der Waals surface area contributed by atoms with E-state index < -0.39 is 11.9 Å². The summed E-state index contributed by atoms with van der Waals surface area (Å²) in [5.74, 6) is -0.549. The molecule has 1 aromatic rings. The fraction of sp³-hybridized carbons (Fsp3) is 0.400. The molecule has 0 saturated heterocycles. The molecule has 0 fully saturated rings. The Morgan fingerprint density at radius 3 is 3.00 bits per heavy atom. The fourth-order valence-electron chi connectivity index (χ4n) is 1.09. The minimum atomic E-state index is -0.505. The maximum absolute atomic E-state index is 13.1. The maximum Gasteiger partial charge on any atom is 0.242 e. The van der Waals surface area contributed by atoms with E-state index in [1.165, 1.54) is 18.3 Å². The number of amides is 1. The number of nitrogens with zero attached hydrogens (tertiary/aromatic N) is 1. The van der Waals surface area contributed by atoms with Gasteiger partial charge in [0.05, 0.1) is 0 Å². The molecule has 5 heteroatoms. The number of anilines is 1. The Balaban J connectivity index is 2.62. The molecule has 4 nitrogen and oxygen atoms in total. The van der Waals surface area contributed by atoms with Gasteiger partial charge in [-0.3, -0.25) is 4.79 Å². The van der Waals surface area contributed by atoms with Crippen LogP contribution in [0.2, 0.25) is 0 Å². The average molecular weight is 211 g/mol. The second-order valence-corrected chi connectivity index (χ2v) is 3.09. The van der Waals surface area contributed by atoms with Crippen molar-refractivity contribution in [3.63, 3.8) is 0 Å². The molecule has 1 atom stereocenters. The van der Waals surface area contributed by atoms with Gasteiger partial charge in [0.2, 0.25) is 5.91 Å². The third kappa shape index (κ3) is 3.19. The van der Waals surface area contributed by atoms with Gasteiger partial charge in [0.1, 0.15) is 6.04 Å². The van der Waals surface area contributed by atoms with E-state index in [4.69, 9.17) is 0 Å². The van der Waals surface area contributed by atoms with E-state index in [1.54, 1.807) is 6.92 Å². The summed E-state index contributed by atoms with van der Waals surface area (Å²) < 4.78 is 13.1. The van der Waals surface area contributed by atoms with Crippen LogP contribution < -0.4 is 10.6 Å². The second-order valence-electron chi connectivity index (χ2n) is 3.09. The fourth-order valence-corrected chi connectivity index (χ4v) is 1.09. The van der Waals surface area contributed by atoms with Crippen molar-refractivity contribution in [2.24, 2.45) is 0 Å². The van der Waals surface area contributed by atoms with Crippen LogP contribution in [0.4, 0.5) is 10.2 Å². The number of likely N-dealkylation sites (N-methyl/N-ethyl adjacent to an activating group) is 1. The number of carbonyl (C=O) groups excluding carboxylic acids is 1. The summed E-state index contributed by atoms with van der Waals surface area (Å²) in [6.07, 6.45) is 1.47. The Labute approximate surface area is 87.9 Å². The Bertz CT molecular complexity index is 343. The van der Waals surface area contributed by atoms with Crippen molar-refractivity contribution >= 4 is 11.7 Å². The number of hydrogen-bond acceptors (Lipinski definition) is 3. The molecule has 1 rings (SSSR count). The van der Waals surface area contributed by atoms with E-state index in [2.05, 4.69) is 15.6 Å². The number of aromatic nitrogens is 1. The molecular weight excluding hydrogens is 197 g/mol. The van der Waals surface area contributed by atoms with Gasteiger partial charge in [-0.25, -0.2) is 9.37 Å². The van der Waals surface area contributed by atoms with E-state index in [0.29, 0.717) is 6.54 Å². The zero-order valence-electron chi connectivity index (χ0n) is 8.75. The Kier molecular flexibility index (Phi) is 4.03. The lowest BCUT2D eigenvalue weighted by atomic mass is 10.3. The van der Waals surface area contributed by atoms with Gasteiger partial charge in [0, 0.05) is 12.7 Å². The van der Waals surface area contributed by atoms with Gasteiger partial charge >= 0.3 is 0 Å². The van der Waals surface area contributed by atoms with Crippen molar-refractivity contribution in [2.75, 3.05) is 11.9 Å². The minimum Gasteiger partial charge on any atom is -0.356 e. The predicted octanol–water partition coefficient (Wildman–Crippen LogP) is 1.16. The first-order valence-corrected chi connectivity index (χ1v) is 4.80. The van der Waals surface area contributed by atoms with Gasteiger partial charge < -0.3 is 10.6 Å². The average Bonchev–Trinajstić information content (AvgIpc) is 2.21. The van der Waals surface area contributed by atoms with E-state index in [1.807, 2.05) is 6.92 Å². The number of hydrogen-bond donors (Lipinski definition) is 2. The topological polar surface area (TPSA) is 54.0 Å². The van der Waals surface area contributed by atoms with Crippen molar-refractivity contribution < 1.29 is 9.18 Å². The molecule has 0 bridgehead atoms. The standard InChI is InChI=1S/C10H14FN3O/c1-3-12-10(15)7(2)14-9-8(11)5-4-6-13-9/h4-7H,3H2,1-2H3,(H,12,15)(H,13,14). The zero-order chi connectivity index (χ0) is 11.3. The highest BCUT2D eigenvalue weighted by Crippen LogP contribution is 2.09. The Hall–Kier alpha value is -1.65. The third-order valence-electron chi connectivity index (χ3n) is 1.86. The number of halogens is 1. The predicted molar refractivity (Wildman–Crippen MR) is 56.0 cm³/mol. The molecule has 1 unspecified atom stereocenters. The highest BCUT2D eigenvalue weighted by atomic mass is 19.1. The first-order chi connectivity index (χ1) is 7.15.